The SMILES string of the molecule is N#C/C(=C/c1ccc(OCc2ccc(Cl)cc2Cl)c(Br)c1)C(=O)Nc1ccc(Br)cc1. The molecule has 0 spiro atoms. The maximum absolute atomic E-state index is 12.4. The highest BCUT2D eigenvalue weighted by Crippen LogP contribution is 2.29. The van der Waals surface area contributed by atoms with E-state index in [4.69, 9.17) is 27.9 Å². The van der Waals surface area contributed by atoms with Crippen LogP contribution in [0.1, 0.15) is 11.1 Å². The Bertz CT molecular complexity index is 1190. The molecule has 0 bridgehead atoms. The standard InChI is InChI=1S/C23H14Br2Cl2N2O2/c24-17-3-6-19(7-4-17)29-23(30)16(12-28)9-14-1-8-22(20(25)10-14)31-13-15-2-5-18(26)11-21(15)27/h1-11H,13H2,(H,29,30)/b16-9-. The van der Waals surface area contributed by atoms with Crippen molar-refractivity contribution in [2.24, 2.45) is 0 Å². The lowest BCUT2D eigenvalue weighted by Gasteiger charge is -2.10. The maximum atomic E-state index is 12.4. The normalized spacial score (nSPS) is 11.0. The molecule has 4 nitrogen and oxygen atoms in total. The molecule has 3 rings (SSSR count). The molecule has 8 heteroatoms. The molecule has 0 atom stereocenters. The zero-order valence-electron chi connectivity index (χ0n) is 15.8. The Morgan fingerprint density at radius 2 is 1.81 bits per heavy atom. The van der Waals surface area contributed by atoms with Crippen LogP contribution in [0.4, 0.5) is 5.69 Å². The van der Waals surface area contributed by atoms with Crippen LogP contribution in [0.25, 0.3) is 6.08 Å². The second-order valence-electron chi connectivity index (χ2n) is 6.35. The summed E-state index contributed by atoms with van der Waals surface area (Å²) in [6.07, 6.45) is 1.51. The van der Waals surface area contributed by atoms with E-state index in [1.807, 2.05) is 6.07 Å². The Hall–Kier alpha value is -2.30. The molecule has 0 unspecified atom stereocenters. The fourth-order valence-electron chi connectivity index (χ4n) is 2.57. The van der Waals surface area contributed by atoms with Gasteiger partial charge in [0.2, 0.25) is 0 Å². The topological polar surface area (TPSA) is 62.1 Å². The molecule has 0 fully saturated rings. The number of hydrogen-bond acceptors (Lipinski definition) is 3. The Morgan fingerprint density at radius 1 is 1.06 bits per heavy atom. The van der Waals surface area contributed by atoms with Gasteiger partial charge >= 0.3 is 0 Å². The first-order valence-electron chi connectivity index (χ1n) is 8.90. The Kier molecular flexibility index (Phi) is 8.16. The first-order valence-corrected chi connectivity index (χ1v) is 11.2. The predicted octanol–water partition coefficient (Wildman–Crippen LogP) is 7.64. The largest absolute Gasteiger partial charge is 0.488 e. The predicted molar refractivity (Wildman–Crippen MR) is 131 cm³/mol. The zero-order valence-corrected chi connectivity index (χ0v) is 20.5. The summed E-state index contributed by atoms with van der Waals surface area (Å²) in [7, 11) is 0. The third-order valence-corrected chi connectivity index (χ3v) is 5.87. The maximum Gasteiger partial charge on any atom is 0.266 e. The number of carbonyl (C=O) groups is 1. The van der Waals surface area contributed by atoms with Crippen molar-refractivity contribution < 1.29 is 9.53 Å². The minimum atomic E-state index is -0.487. The van der Waals surface area contributed by atoms with Crippen LogP contribution in [-0.2, 0) is 11.4 Å². The molecule has 0 heterocycles. The van der Waals surface area contributed by atoms with Crippen LogP contribution in [-0.4, -0.2) is 5.91 Å². The van der Waals surface area contributed by atoms with Gasteiger partial charge in [-0.15, -0.1) is 0 Å². The summed E-state index contributed by atoms with van der Waals surface area (Å²) in [6, 6.07) is 19.5. The van der Waals surface area contributed by atoms with Crippen LogP contribution in [0.5, 0.6) is 5.75 Å². The van der Waals surface area contributed by atoms with Gasteiger partial charge in [-0.2, -0.15) is 5.26 Å². The fourth-order valence-corrected chi connectivity index (χ4v) is 3.80. The zero-order chi connectivity index (χ0) is 22.4. The van der Waals surface area contributed by atoms with E-state index in [1.54, 1.807) is 60.7 Å². The third kappa shape index (κ3) is 6.59. The van der Waals surface area contributed by atoms with Gasteiger partial charge in [0.05, 0.1) is 4.47 Å². The van der Waals surface area contributed by atoms with Gasteiger partial charge in [-0.1, -0.05) is 51.3 Å². The summed E-state index contributed by atoms with van der Waals surface area (Å²) in [6.45, 7) is 0.267. The molecule has 0 aromatic heterocycles. The number of carbonyl (C=O) groups excluding carboxylic acids is 1. The van der Waals surface area contributed by atoms with E-state index in [9.17, 15) is 10.1 Å². The Balaban J connectivity index is 1.71. The molecule has 1 amide bonds. The lowest BCUT2D eigenvalue weighted by Crippen LogP contribution is -2.13. The van der Waals surface area contributed by atoms with Crippen molar-refractivity contribution in [3.05, 3.63) is 96.4 Å². The lowest BCUT2D eigenvalue weighted by molar-refractivity contribution is -0.112. The van der Waals surface area contributed by atoms with Gasteiger partial charge in [-0.05, 0) is 76.1 Å². The number of nitrogens with one attached hydrogen (secondary N) is 1. The summed E-state index contributed by atoms with van der Waals surface area (Å²) in [5, 5.41) is 13.2. The number of hydrogen-bond donors (Lipinski definition) is 1. The van der Waals surface area contributed by atoms with Crippen molar-refractivity contribution in [3.8, 4) is 11.8 Å². The van der Waals surface area contributed by atoms with Crippen LogP contribution in [0.3, 0.4) is 0 Å². The molecular formula is C23H14Br2Cl2N2O2. The number of benzene rings is 3. The minimum Gasteiger partial charge on any atom is -0.488 e. The van der Waals surface area contributed by atoms with E-state index in [2.05, 4.69) is 37.2 Å². The van der Waals surface area contributed by atoms with Crippen molar-refractivity contribution in [1.29, 1.82) is 5.26 Å². The Labute approximate surface area is 206 Å². The smallest absolute Gasteiger partial charge is 0.266 e. The highest BCUT2D eigenvalue weighted by molar-refractivity contribution is 9.10. The molecule has 0 aliphatic heterocycles. The minimum absolute atomic E-state index is 0.0172. The molecule has 3 aromatic carbocycles. The third-order valence-electron chi connectivity index (χ3n) is 4.13. The van der Waals surface area contributed by atoms with Crippen LogP contribution >= 0.6 is 55.1 Å². The van der Waals surface area contributed by atoms with Gasteiger partial charge in [0, 0.05) is 25.8 Å². The highest BCUT2D eigenvalue weighted by atomic mass is 79.9. The summed E-state index contributed by atoms with van der Waals surface area (Å²) in [5.41, 5.74) is 2.06. The average Bonchev–Trinajstić information content (AvgIpc) is 2.74. The summed E-state index contributed by atoms with van der Waals surface area (Å²) in [5.74, 6) is 0.111. The van der Waals surface area contributed by atoms with E-state index >= 15 is 0 Å². The Morgan fingerprint density at radius 3 is 2.45 bits per heavy atom. The second kappa shape index (κ2) is 10.8. The molecule has 0 aliphatic rings. The second-order valence-corrected chi connectivity index (χ2v) is 8.96. The van der Waals surface area contributed by atoms with Crippen molar-refractivity contribution in [3.63, 3.8) is 0 Å². The lowest BCUT2D eigenvalue weighted by atomic mass is 10.1. The van der Waals surface area contributed by atoms with Gasteiger partial charge in [0.1, 0.15) is 24.0 Å². The van der Waals surface area contributed by atoms with E-state index in [-0.39, 0.29) is 12.2 Å². The number of nitrogens with zero attached hydrogens (tertiary/aromatic N) is 1. The molecule has 0 saturated carbocycles. The highest BCUT2D eigenvalue weighted by Gasteiger charge is 2.11. The van der Waals surface area contributed by atoms with Crippen LogP contribution in [0.15, 0.2) is 75.2 Å². The van der Waals surface area contributed by atoms with Gasteiger partial charge in [0.15, 0.2) is 0 Å². The van der Waals surface area contributed by atoms with E-state index in [0.717, 1.165) is 10.0 Å². The van der Waals surface area contributed by atoms with Crippen LogP contribution in [0, 0.1) is 11.3 Å². The molecule has 31 heavy (non-hydrogen) atoms. The molecule has 0 radical (unpaired) electrons. The summed E-state index contributed by atoms with van der Waals surface area (Å²) < 4.78 is 7.40. The molecule has 0 aliphatic carbocycles. The average molecular weight is 581 g/mol. The van der Waals surface area contributed by atoms with Gasteiger partial charge in [0.25, 0.3) is 5.91 Å². The quantitative estimate of drug-likeness (QED) is 0.241. The van der Waals surface area contributed by atoms with Crippen LogP contribution < -0.4 is 10.1 Å². The van der Waals surface area contributed by atoms with Crippen LogP contribution in [0.2, 0.25) is 10.0 Å². The van der Waals surface area contributed by atoms with Crippen molar-refractivity contribution in [2.45, 2.75) is 6.61 Å². The molecule has 0 saturated heterocycles. The molecule has 156 valence electrons. The van der Waals surface area contributed by atoms with Gasteiger partial charge in [-0.25, -0.2) is 0 Å². The number of rotatable bonds is 6. The van der Waals surface area contributed by atoms with E-state index < -0.39 is 5.91 Å². The summed E-state index contributed by atoms with van der Waals surface area (Å²) in [4.78, 5) is 12.4. The van der Waals surface area contributed by atoms with Crippen molar-refractivity contribution in [1.82, 2.24) is 0 Å². The summed E-state index contributed by atoms with van der Waals surface area (Å²) >= 11 is 18.9. The van der Waals surface area contributed by atoms with Gasteiger partial charge in [-0.3, -0.25) is 4.79 Å². The fraction of sp³-hybridized carbons (Fsp3) is 0.0435. The molecular weight excluding hydrogens is 567 g/mol. The molecule has 1 N–H and O–H groups in total. The number of amides is 1. The number of nitriles is 1. The first-order chi connectivity index (χ1) is 14.9. The first kappa shape index (κ1) is 23.4. The molecule has 3 aromatic rings. The number of ether oxygens (including phenoxy) is 1. The van der Waals surface area contributed by atoms with E-state index in [0.29, 0.717) is 31.5 Å². The van der Waals surface area contributed by atoms with Crippen molar-refractivity contribution >= 4 is 72.7 Å². The van der Waals surface area contributed by atoms with Crippen molar-refractivity contribution in [2.75, 3.05) is 5.32 Å². The monoisotopic (exact) mass is 578 g/mol. The van der Waals surface area contributed by atoms with Gasteiger partial charge < -0.3 is 10.1 Å². The number of anilines is 1. The van der Waals surface area contributed by atoms with E-state index in [1.165, 1.54) is 6.08 Å². The number of halogens is 4.